The highest BCUT2D eigenvalue weighted by Crippen LogP contribution is 1.97. The summed E-state index contributed by atoms with van der Waals surface area (Å²) < 4.78 is 6.11. The number of esters is 1. The van der Waals surface area contributed by atoms with Gasteiger partial charge in [-0.25, -0.2) is 0 Å². The van der Waals surface area contributed by atoms with Crippen molar-refractivity contribution in [1.82, 2.24) is 15.1 Å². The maximum Gasteiger partial charge on any atom is 0.328 e. The van der Waals surface area contributed by atoms with E-state index in [4.69, 9.17) is 10.5 Å². The molecule has 0 saturated heterocycles. The summed E-state index contributed by atoms with van der Waals surface area (Å²) in [6.45, 7) is 3.30. The van der Waals surface area contributed by atoms with Crippen LogP contribution in [0.1, 0.15) is 13.8 Å². The molecule has 7 nitrogen and oxygen atoms in total. The number of carbonyl (C=O) groups excluding carboxylic acids is 2. The van der Waals surface area contributed by atoms with Gasteiger partial charge in [0, 0.05) is 12.2 Å². The van der Waals surface area contributed by atoms with Crippen LogP contribution in [-0.2, 0) is 20.9 Å². The number of carbonyl (C=O) groups is 2. The Morgan fingerprint density at radius 3 is 2.82 bits per heavy atom. The van der Waals surface area contributed by atoms with E-state index in [2.05, 4.69) is 10.4 Å². The average molecular weight is 240 g/mol. The van der Waals surface area contributed by atoms with Crippen molar-refractivity contribution in [3.8, 4) is 0 Å². The van der Waals surface area contributed by atoms with E-state index in [-0.39, 0.29) is 25.1 Å². The number of hydrogen-bond donors (Lipinski definition) is 2. The summed E-state index contributed by atoms with van der Waals surface area (Å²) in [5.74, 6) is -0.861. The normalized spacial score (nSPS) is 10.3. The Labute approximate surface area is 98.9 Å². The minimum absolute atomic E-state index is 0.0205. The third-order valence-corrected chi connectivity index (χ3v) is 1.76. The van der Waals surface area contributed by atoms with Crippen LogP contribution < -0.4 is 11.1 Å². The van der Waals surface area contributed by atoms with Gasteiger partial charge in [0.25, 0.3) is 5.91 Å². The minimum atomic E-state index is -0.535. The van der Waals surface area contributed by atoms with Gasteiger partial charge < -0.3 is 15.8 Å². The molecule has 0 bridgehead atoms. The van der Waals surface area contributed by atoms with Gasteiger partial charge in [-0.3, -0.25) is 14.3 Å². The van der Waals surface area contributed by atoms with Crippen LogP contribution in [0.5, 0.6) is 0 Å². The van der Waals surface area contributed by atoms with Crippen LogP contribution in [0.2, 0.25) is 0 Å². The van der Waals surface area contributed by atoms with Crippen molar-refractivity contribution in [2.75, 3.05) is 12.3 Å². The number of ether oxygens (including phenoxy) is 1. The summed E-state index contributed by atoms with van der Waals surface area (Å²) in [5.41, 5.74) is 5.90. The molecule has 1 rings (SSSR count). The van der Waals surface area contributed by atoms with Gasteiger partial charge in [0.05, 0.1) is 11.9 Å². The predicted molar refractivity (Wildman–Crippen MR) is 60.9 cm³/mol. The Kier molecular flexibility index (Phi) is 4.50. The molecule has 3 N–H and O–H groups in total. The molecule has 0 fully saturated rings. The molecule has 1 aromatic heterocycles. The molecule has 0 aliphatic heterocycles. The highest BCUT2D eigenvalue weighted by molar-refractivity contribution is 5.80. The van der Waals surface area contributed by atoms with Crippen molar-refractivity contribution in [3.05, 3.63) is 12.4 Å². The van der Waals surface area contributed by atoms with E-state index >= 15 is 0 Å². The second-order valence-corrected chi connectivity index (χ2v) is 3.85. The number of nitrogens with two attached hydrogens (primary N) is 1. The van der Waals surface area contributed by atoms with Gasteiger partial charge in [-0.05, 0) is 13.8 Å². The van der Waals surface area contributed by atoms with Gasteiger partial charge in [0.15, 0.2) is 6.61 Å². The van der Waals surface area contributed by atoms with Crippen LogP contribution in [0, 0.1) is 0 Å². The number of nitrogen functional groups attached to an aromatic ring is 1. The molecule has 0 aromatic carbocycles. The monoisotopic (exact) mass is 240 g/mol. The number of amides is 1. The molecule has 1 heterocycles. The molecule has 0 aliphatic carbocycles. The lowest BCUT2D eigenvalue weighted by atomic mass is 10.4. The quantitative estimate of drug-likeness (QED) is 0.678. The summed E-state index contributed by atoms with van der Waals surface area (Å²) in [6, 6.07) is 0.0205. The highest BCUT2D eigenvalue weighted by Gasteiger charge is 2.09. The summed E-state index contributed by atoms with van der Waals surface area (Å²) in [7, 11) is 0. The summed E-state index contributed by atoms with van der Waals surface area (Å²) in [4.78, 5) is 22.5. The molecule has 0 saturated carbocycles. The molecular formula is C10H16N4O3. The molecule has 0 atom stereocenters. The van der Waals surface area contributed by atoms with Crippen molar-refractivity contribution < 1.29 is 14.3 Å². The fraction of sp³-hybridized carbons (Fsp3) is 0.500. The zero-order valence-corrected chi connectivity index (χ0v) is 9.84. The smallest absolute Gasteiger partial charge is 0.328 e. The van der Waals surface area contributed by atoms with E-state index in [1.54, 1.807) is 0 Å². The second kappa shape index (κ2) is 5.88. The predicted octanol–water partition coefficient (Wildman–Crippen LogP) is -0.467. The number of anilines is 1. The van der Waals surface area contributed by atoms with Crippen molar-refractivity contribution in [2.45, 2.75) is 26.4 Å². The lowest BCUT2D eigenvalue weighted by molar-refractivity contribution is -0.149. The van der Waals surface area contributed by atoms with Gasteiger partial charge in [0.1, 0.15) is 6.54 Å². The number of nitrogens with one attached hydrogen (secondary N) is 1. The van der Waals surface area contributed by atoms with E-state index in [9.17, 15) is 9.59 Å². The molecule has 0 aliphatic rings. The first kappa shape index (κ1) is 13.0. The van der Waals surface area contributed by atoms with Crippen LogP contribution >= 0.6 is 0 Å². The van der Waals surface area contributed by atoms with Crippen LogP contribution in [0.3, 0.4) is 0 Å². The molecule has 94 valence electrons. The Hall–Kier alpha value is -2.05. The Bertz CT molecular complexity index is 400. The standard InChI is InChI=1S/C10H16N4O3/c1-7(2)13-9(15)6-17-10(16)5-14-4-8(11)3-12-14/h3-4,7H,5-6,11H2,1-2H3,(H,13,15). The van der Waals surface area contributed by atoms with Crippen LogP contribution in [0.4, 0.5) is 5.69 Å². The van der Waals surface area contributed by atoms with Crippen molar-refractivity contribution in [3.63, 3.8) is 0 Å². The third kappa shape index (κ3) is 5.01. The molecule has 1 amide bonds. The van der Waals surface area contributed by atoms with Crippen molar-refractivity contribution in [1.29, 1.82) is 0 Å². The van der Waals surface area contributed by atoms with E-state index in [1.807, 2.05) is 13.8 Å². The molecule has 1 aromatic rings. The molecule has 17 heavy (non-hydrogen) atoms. The first-order valence-corrected chi connectivity index (χ1v) is 5.20. The first-order valence-electron chi connectivity index (χ1n) is 5.20. The molecule has 0 spiro atoms. The van der Waals surface area contributed by atoms with Gasteiger partial charge in [-0.1, -0.05) is 0 Å². The van der Waals surface area contributed by atoms with E-state index in [0.717, 1.165) is 0 Å². The molecule has 7 heteroatoms. The maximum atomic E-state index is 11.3. The van der Waals surface area contributed by atoms with Gasteiger partial charge in [0.2, 0.25) is 0 Å². The highest BCUT2D eigenvalue weighted by atomic mass is 16.5. The fourth-order valence-corrected chi connectivity index (χ4v) is 1.15. The van der Waals surface area contributed by atoms with Gasteiger partial charge in [-0.15, -0.1) is 0 Å². The average Bonchev–Trinajstić information content (AvgIpc) is 2.60. The summed E-state index contributed by atoms with van der Waals surface area (Å²) in [6.07, 6.45) is 2.94. The van der Waals surface area contributed by atoms with E-state index in [1.165, 1.54) is 17.1 Å². The van der Waals surface area contributed by atoms with E-state index < -0.39 is 5.97 Å². The Balaban J connectivity index is 2.28. The van der Waals surface area contributed by atoms with Crippen LogP contribution in [-0.4, -0.2) is 34.3 Å². The molecule has 0 radical (unpaired) electrons. The lowest BCUT2D eigenvalue weighted by Gasteiger charge is -2.08. The summed E-state index contributed by atoms with van der Waals surface area (Å²) in [5, 5.41) is 6.43. The van der Waals surface area contributed by atoms with Crippen molar-refractivity contribution in [2.24, 2.45) is 0 Å². The lowest BCUT2D eigenvalue weighted by Crippen LogP contribution is -2.34. The summed E-state index contributed by atoms with van der Waals surface area (Å²) >= 11 is 0. The van der Waals surface area contributed by atoms with Crippen LogP contribution in [0.25, 0.3) is 0 Å². The number of nitrogens with zero attached hydrogens (tertiary/aromatic N) is 2. The Morgan fingerprint density at radius 1 is 1.59 bits per heavy atom. The van der Waals surface area contributed by atoms with Gasteiger partial charge >= 0.3 is 5.97 Å². The zero-order chi connectivity index (χ0) is 12.8. The Morgan fingerprint density at radius 2 is 2.29 bits per heavy atom. The maximum absolute atomic E-state index is 11.3. The molecular weight excluding hydrogens is 224 g/mol. The number of rotatable bonds is 5. The van der Waals surface area contributed by atoms with Gasteiger partial charge in [-0.2, -0.15) is 5.10 Å². The number of aromatic nitrogens is 2. The topological polar surface area (TPSA) is 99.2 Å². The fourth-order valence-electron chi connectivity index (χ4n) is 1.15. The van der Waals surface area contributed by atoms with Crippen molar-refractivity contribution >= 4 is 17.6 Å². The zero-order valence-electron chi connectivity index (χ0n) is 9.84. The third-order valence-electron chi connectivity index (χ3n) is 1.76. The largest absolute Gasteiger partial charge is 0.454 e. The second-order valence-electron chi connectivity index (χ2n) is 3.85. The first-order chi connectivity index (χ1) is 7.97. The number of hydrogen-bond acceptors (Lipinski definition) is 5. The van der Waals surface area contributed by atoms with Crippen LogP contribution in [0.15, 0.2) is 12.4 Å². The van der Waals surface area contributed by atoms with E-state index in [0.29, 0.717) is 5.69 Å². The SMILES string of the molecule is CC(C)NC(=O)COC(=O)Cn1cc(N)cn1. The molecule has 0 unspecified atom stereocenters. The minimum Gasteiger partial charge on any atom is -0.454 e.